The zero-order valence-electron chi connectivity index (χ0n) is 17.9. The maximum absolute atomic E-state index is 12.6. The second kappa shape index (κ2) is 9.54. The molecule has 0 spiro atoms. The predicted octanol–water partition coefficient (Wildman–Crippen LogP) is 3.19. The number of hydrogen-bond donors (Lipinski definition) is 1. The number of rotatable bonds is 6. The topological polar surface area (TPSA) is 119 Å². The molecule has 10 heteroatoms. The van der Waals surface area contributed by atoms with Crippen molar-refractivity contribution < 1.29 is 9.72 Å². The van der Waals surface area contributed by atoms with Crippen molar-refractivity contribution in [3.05, 3.63) is 69.7 Å². The Bertz CT molecular complexity index is 1100. The van der Waals surface area contributed by atoms with E-state index in [1.807, 2.05) is 12.1 Å². The van der Waals surface area contributed by atoms with Crippen molar-refractivity contribution in [3.8, 4) is 5.69 Å². The maximum atomic E-state index is 12.6. The first-order chi connectivity index (χ1) is 15.5. The number of amides is 1. The van der Waals surface area contributed by atoms with Gasteiger partial charge in [-0.25, -0.2) is 9.67 Å². The summed E-state index contributed by atoms with van der Waals surface area (Å²) in [5, 5.41) is 21.8. The summed E-state index contributed by atoms with van der Waals surface area (Å²) >= 11 is 0. The fourth-order valence-corrected chi connectivity index (χ4v) is 3.80. The molecule has 2 aromatic heterocycles. The predicted molar refractivity (Wildman–Crippen MR) is 119 cm³/mol. The van der Waals surface area contributed by atoms with E-state index in [1.165, 1.54) is 42.5 Å². The number of nitro groups is 1. The molecule has 1 aliphatic rings. The van der Waals surface area contributed by atoms with Crippen LogP contribution in [0.4, 0.5) is 11.5 Å². The van der Waals surface area contributed by atoms with Crippen LogP contribution in [-0.2, 0) is 6.54 Å². The van der Waals surface area contributed by atoms with Crippen LogP contribution in [0.15, 0.2) is 42.6 Å². The summed E-state index contributed by atoms with van der Waals surface area (Å²) in [6.07, 6.45) is 6.71. The lowest BCUT2D eigenvalue weighted by Crippen LogP contribution is -2.26. The number of anilines is 1. The zero-order valence-corrected chi connectivity index (χ0v) is 17.9. The minimum Gasteiger partial charge on any atom is -0.357 e. The molecule has 1 saturated heterocycles. The van der Waals surface area contributed by atoms with Gasteiger partial charge in [0.25, 0.3) is 11.6 Å². The molecular weight excluding hydrogens is 410 g/mol. The van der Waals surface area contributed by atoms with Crippen molar-refractivity contribution in [2.24, 2.45) is 0 Å². The van der Waals surface area contributed by atoms with E-state index in [-0.39, 0.29) is 17.3 Å². The fourth-order valence-electron chi connectivity index (χ4n) is 3.80. The Labute approximate surface area is 185 Å². The lowest BCUT2D eigenvalue weighted by molar-refractivity contribution is -0.384. The van der Waals surface area contributed by atoms with Crippen LogP contribution in [0.3, 0.4) is 0 Å². The van der Waals surface area contributed by atoms with Gasteiger partial charge in [0.05, 0.1) is 16.3 Å². The average Bonchev–Trinajstić information content (AvgIpc) is 3.00. The standard InChI is InChI=1S/C22H25N7O3/c1-16-21(25-26-28(16)18-7-6-8-19(13-18)29(31)32)22(30)24-15-17-9-10-20(23-14-17)27-11-4-2-3-5-12-27/h6-10,13-14H,2-5,11-12,15H2,1H3,(H,24,30). The number of carbonyl (C=O) groups excluding carboxylic acids is 1. The third kappa shape index (κ3) is 4.74. The van der Waals surface area contributed by atoms with E-state index >= 15 is 0 Å². The zero-order chi connectivity index (χ0) is 22.5. The van der Waals surface area contributed by atoms with Gasteiger partial charge in [-0.3, -0.25) is 14.9 Å². The molecule has 10 nitrogen and oxygen atoms in total. The van der Waals surface area contributed by atoms with E-state index in [1.54, 1.807) is 25.3 Å². The van der Waals surface area contributed by atoms with E-state index in [4.69, 9.17) is 0 Å². The summed E-state index contributed by atoms with van der Waals surface area (Å²) in [5.74, 6) is 0.605. The number of nitrogens with zero attached hydrogens (tertiary/aromatic N) is 6. The Hall–Kier alpha value is -3.82. The number of non-ortho nitro benzene ring substituents is 1. The lowest BCUT2D eigenvalue weighted by Gasteiger charge is -2.21. The minimum atomic E-state index is -0.477. The molecule has 4 rings (SSSR count). The molecule has 1 aliphatic heterocycles. The highest BCUT2D eigenvalue weighted by Crippen LogP contribution is 2.19. The van der Waals surface area contributed by atoms with E-state index in [0.29, 0.717) is 17.9 Å². The highest BCUT2D eigenvalue weighted by molar-refractivity contribution is 5.93. The average molecular weight is 435 g/mol. The highest BCUT2D eigenvalue weighted by atomic mass is 16.6. The highest BCUT2D eigenvalue weighted by Gasteiger charge is 2.18. The molecule has 0 saturated carbocycles. The first kappa shape index (κ1) is 21.4. The van der Waals surface area contributed by atoms with Crippen molar-refractivity contribution >= 4 is 17.4 Å². The van der Waals surface area contributed by atoms with Crippen LogP contribution in [0.2, 0.25) is 0 Å². The largest absolute Gasteiger partial charge is 0.357 e. The van der Waals surface area contributed by atoms with Gasteiger partial charge in [-0.1, -0.05) is 30.2 Å². The van der Waals surface area contributed by atoms with Crippen molar-refractivity contribution in [2.75, 3.05) is 18.0 Å². The molecule has 166 valence electrons. The fraction of sp³-hybridized carbons (Fsp3) is 0.364. The molecule has 3 heterocycles. The van der Waals surface area contributed by atoms with Crippen molar-refractivity contribution in [1.29, 1.82) is 0 Å². The van der Waals surface area contributed by atoms with Gasteiger partial charge in [-0.15, -0.1) is 5.10 Å². The first-order valence-electron chi connectivity index (χ1n) is 10.7. The van der Waals surface area contributed by atoms with Crippen molar-refractivity contribution in [3.63, 3.8) is 0 Å². The third-order valence-corrected chi connectivity index (χ3v) is 5.59. The quantitative estimate of drug-likeness (QED) is 0.466. The maximum Gasteiger partial charge on any atom is 0.274 e. The number of carbonyl (C=O) groups is 1. The van der Waals surface area contributed by atoms with Gasteiger partial charge < -0.3 is 10.2 Å². The van der Waals surface area contributed by atoms with E-state index in [2.05, 4.69) is 25.5 Å². The van der Waals surface area contributed by atoms with Gasteiger partial charge in [-0.05, 0) is 37.5 Å². The summed E-state index contributed by atoms with van der Waals surface area (Å²) in [6.45, 7) is 4.08. The summed E-state index contributed by atoms with van der Waals surface area (Å²) in [6, 6.07) is 10.00. The molecule has 1 amide bonds. The van der Waals surface area contributed by atoms with Gasteiger partial charge in [0.1, 0.15) is 5.82 Å². The van der Waals surface area contributed by atoms with Crippen LogP contribution in [0.25, 0.3) is 5.69 Å². The van der Waals surface area contributed by atoms with E-state index in [0.717, 1.165) is 24.5 Å². The molecule has 1 aromatic carbocycles. The van der Waals surface area contributed by atoms with Gasteiger partial charge in [0, 0.05) is 38.0 Å². The van der Waals surface area contributed by atoms with Crippen LogP contribution in [0, 0.1) is 17.0 Å². The van der Waals surface area contributed by atoms with Crippen LogP contribution in [0.5, 0.6) is 0 Å². The molecule has 1 N–H and O–H groups in total. The Kier molecular flexibility index (Phi) is 6.39. The first-order valence-corrected chi connectivity index (χ1v) is 10.7. The molecule has 1 fully saturated rings. The Morgan fingerprint density at radius 2 is 1.94 bits per heavy atom. The van der Waals surface area contributed by atoms with Gasteiger partial charge >= 0.3 is 0 Å². The van der Waals surface area contributed by atoms with E-state index < -0.39 is 4.92 Å². The summed E-state index contributed by atoms with van der Waals surface area (Å²) in [7, 11) is 0. The molecule has 0 radical (unpaired) electrons. The number of aromatic nitrogens is 4. The van der Waals surface area contributed by atoms with Crippen LogP contribution < -0.4 is 10.2 Å². The van der Waals surface area contributed by atoms with Gasteiger partial charge in [0.2, 0.25) is 0 Å². The summed E-state index contributed by atoms with van der Waals surface area (Å²) in [4.78, 5) is 30.1. The number of benzene rings is 1. The monoisotopic (exact) mass is 435 g/mol. The molecule has 0 bridgehead atoms. The Morgan fingerprint density at radius 1 is 1.16 bits per heavy atom. The lowest BCUT2D eigenvalue weighted by atomic mass is 10.2. The number of nitrogens with one attached hydrogen (secondary N) is 1. The second-order valence-corrected chi connectivity index (χ2v) is 7.82. The third-order valence-electron chi connectivity index (χ3n) is 5.59. The number of nitro benzene ring substituents is 1. The molecule has 0 unspecified atom stereocenters. The SMILES string of the molecule is Cc1c(C(=O)NCc2ccc(N3CCCCCC3)nc2)nnn1-c1cccc([N+](=O)[O-])c1. The summed E-state index contributed by atoms with van der Waals surface area (Å²) in [5.41, 5.74) is 1.97. The normalized spacial score (nSPS) is 14.1. The Morgan fingerprint density at radius 3 is 2.62 bits per heavy atom. The van der Waals surface area contributed by atoms with Crippen LogP contribution in [-0.4, -0.2) is 43.9 Å². The van der Waals surface area contributed by atoms with Gasteiger partial charge in [0.15, 0.2) is 5.69 Å². The minimum absolute atomic E-state index is 0.0560. The van der Waals surface area contributed by atoms with Crippen LogP contribution in [0.1, 0.15) is 47.4 Å². The smallest absolute Gasteiger partial charge is 0.274 e. The summed E-state index contributed by atoms with van der Waals surface area (Å²) < 4.78 is 1.42. The second-order valence-electron chi connectivity index (χ2n) is 7.82. The van der Waals surface area contributed by atoms with E-state index in [9.17, 15) is 14.9 Å². The molecular formula is C22H25N7O3. The molecule has 32 heavy (non-hydrogen) atoms. The molecule has 0 atom stereocenters. The van der Waals surface area contributed by atoms with Crippen LogP contribution >= 0.6 is 0 Å². The van der Waals surface area contributed by atoms with Crippen molar-refractivity contribution in [2.45, 2.75) is 39.2 Å². The molecule has 0 aliphatic carbocycles. The van der Waals surface area contributed by atoms with Gasteiger partial charge in [-0.2, -0.15) is 0 Å². The van der Waals surface area contributed by atoms with Crippen molar-refractivity contribution in [1.82, 2.24) is 25.3 Å². The number of pyridine rings is 1. The number of hydrogen-bond acceptors (Lipinski definition) is 7. The Balaban J connectivity index is 1.40. The molecule has 3 aromatic rings.